The van der Waals surface area contributed by atoms with Crippen molar-refractivity contribution in [3.8, 4) is 0 Å². The molecule has 0 saturated heterocycles. The number of rotatable bonds is 3. The van der Waals surface area contributed by atoms with Crippen LogP contribution in [0.25, 0.3) is 11.2 Å². The SMILES string of the molecule is Cn1c(=O)c2c(nc(NN=Cc3ccc(Br)o3)n2C)n(C)c1=O. The fraction of sp³-hybridized carbons (Fsp3) is 0.231. The number of aromatic nitrogens is 4. The zero-order valence-electron chi connectivity index (χ0n) is 12.6. The van der Waals surface area contributed by atoms with Gasteiger partial charge in [0.05, 0.1) is 6.21 Å². The largest absolute Gasteiger partial charge is 0.448 e. The Hall–Kier alpha value is -2.62. The van der Waals surface area contributed by atoms with Crippen molar-refractivity contribution in [3.63, 3.8) is 0 Å². The van der Waals surface area contributed by atoms with E-state index in [2.05, 4.69) is 31.4 Å². The molecule has 0 amide bonds. The molecule has 23 heavy (non-hydrogen) atoms. The summed E-state index contributed by atoms with van der Waals surface area (Å²) in [5, 5.41) is 4.02. The van der Waals surface area contributed by atoms with Crippen molar-refractivity contribution in [2.24, 2.45) is 26.2 Å². The molecular formula is C13H13BrN6O3. The molecule has 3 rings (SSSR count). The van der Waals surface area contributed by atoms with Crippen LogP contribution in [-0.2, 0) is 21.1 Å². The number of imidazole rings is 1. The van der Waals surface area contributed by atoms with Gasteiger partial charge < -0.3 is 8.98 Å². The third kappa shape index (κ3) is 2.50. The summed E-state index contributed by atoms with van der Waals surface area (Å²) in [7, 11) is 4.66. The van der Waals surface area contributed by atoms with Crippen LogP contribution in [0, 0.1) is 0 Å². The van der Waals surface area contributed by atoms with E-state index in [9.17, 15) is 9.59 Å². The Morgan fingerprint density at radius 1 is 1.22 bits per heavy atom. The number of hydrazone groups is 1. The molecule has 0 aromatic carbocycles. The van der Waals surface area contributed by atoms with Crippen LogP contribution < -0.4 is 16.7 Å². The van der Waals surface area contributed by atoms with Gasteiger partial charge in [-0.2, -0.15) is 10.1 Å². The predicted octanol–water partition coefficient (Wildman–Crippen LogP) is 0.772. The summed E-state index contributed by atoms with van der Waals surface area (Å²) >= 11 is 3.20. The standard InChI is InChI=1S/C13H13BrN6O3/c1-18-9-10(19(2)13(22)20(3)11(9)21)16-12(18)17-15-6-7-4-5-8(14)23-7/h4-6H,1-3H3,(H,16,17). The molecule has 0 radical (unpaired) electrons. The number of aryl methyl sites for hydroxylation is 2. The minimum atomic E-state index is -0.434. The maximum Gasteiger partial charge on any atom is 0.332 e. The first-order valence-corrected chi connectivity index (χ1v) is 7.36. The lowest BCUT2D eigenvalue weighted by atomic mass is 10.5. The summed E-state index contributed by atoms with van der Waals surface area (Å²) in [4.78, 5) is 28.4. The highest BCUT2D eigenvalue weighted by Crippen LogP contribution is 2.14. The van der Waals surface area contributed by atoms with Gasteiger partial charge in [-0.3, -0.25) is 13.9 Å². The van der Waals surface area contributed by atoms with E-state index in [0.29, 0.717) is 27.5 Å². The van der Waals surface area contributed by atoms with Crippen LogP contribution >= 0.6 is 15.9 Å². The molecule has 0 aliphatic carbocycles. The van der Waals surface area contributed by atoms with Crippen LogP contribution in [-0.4, -0.2) is 24.9 Å². The third-order valence-electron chi connectivity index (χ3n) is 3.43. The van der Waals surface area contributed by atoms with Gasteiger partial charge in [-0.15, -0.1) is 0 Å². The van der Waals surface area contributed by atoms with E-state index in [-0.39, 0.29) is 0 Å². The van der Waals surface area contributed by atoms with Gasteiger partial charge in [0.1, 0.15) is 5.76 Å². The average molecular weight is 381 g/mol. The number of furan rings is 1. The van der Waals surface area contributed by atoms with Crippen molar-refractivity contribution >= 4 is 39.3 Å². The van der Waals surface area contributed by atoms with Crippen molar-refractivity contribution in [3.05, 3.63) is 43.4 Å². The molecule has 0 aliphatic heterocycles. The molecule has 0 fully saturated rings. The third-order valence-corrected chi connectivity index (χ3v) is 3.85. The number of anilines is 1. The van der Waals surface area contributed by atoms with Gasteiger partial charge >= 0.3 is 5.69 Å². The second kappa shape index (κ2) is 5.54. The second-order valence-corrected chi connectivity index (χ2v) is 5.67. The number of hydrogen-bond acceptors (Lipinski definition) is 6. The van der Waals surface area contributed by atoms with Crippen LogP contribution in [0.1, 0.15) is 5.76 Å². The summed E-state index contributed by atoms with van der Waals surface area (Å²) in [6, 6.07) is 3.49. The summed E-state index contributed by atoms with van der Waals surface area (Å²) < 4.78 is 9.78. The Kier molecular flexibility index (Phi) is 3.68. The highest BCUT2D eigenvalue weighted by Gasteiger charge is 2.16. The Balaban J connectivity index is 2.03. The van der Waals surface area contributed by atoms with Gasteiger partial charge in [0.2, 0.25) is 5.95 Å². The predicted molar refractivity (Wildman–Crippen MR) is 88.8 cm³/mol. The molecular weight excluding hydrogens is 368 g/mol. The van der Waals surface area contributed by atoms with E-state index in [4.69, 9.17) is 4.42 Å². The van der Waals surface area contributed by atoms with Gasteiger partial charge in [0, 0.05) is 21.1 Å². The molecule has 0 bridgehead atoms. The molecule has 10 heteroatoms. The van der Waals surface area contributed by atoms with Gasteiger partial charge in [0.15, 0.2) is 15.8 Å². The minimum absolute atomic E-state index is 0.291. The molecule has 1 N–H and O–H groups in total. The molecule has 9 nitrogen and oxygen atoms in total. The van der Waals surface area contributed by atoms with Gasteiger partial charge in [-0.1, -0.05) is 0 Å². The molecule has 120 valence electrons. The van der Waals surface area contributed by atoms with Crippen LogP contribution in [0.15, 0.2) is 35.9 Å². The van der Waals surface area contributed by atoms with E-state index in [1.165, 1.54) is 17.8 Å². The molecule has 3 aromatic rings. The highest BCUT2D eigenvalue weighted by molar-refractivity contribution is 9.10. The molecule has 0 aliphatic rings. The van der Waals surface area contributed by atoms with Gasteiger partial charge in [0.25, 0.3) is 5.56 Å². The normalized spacial score (nSPS) is 11.7. The van der Waals surface area contributed by atoms with Crippen molar-refractivity contribution in [1.29, 1.82) is 0 Å². The van der Waals surface area contributed by atoms with Crippen LogP contribution in [0.5, 0.6) is 0 Å². The molecule has 3 heterocycles. The van der Waals surface area contributed by atoms with Crippen molar-refractivity contribution in [2.45, 2.75) is 0 Å². The fourth-order valence-electron chi connectivity index (χ4n) is 2.17. The first-order chi connectivity index (χ1) is 10.9. The number of nitrogens with one attached hydrogen (secondary N) is 1. The Morgan fingerprint density at radius 2 is 1.96 bits per heavy atom. The van der Waals surface area contributed by atoms with Crippen LogP contribution in [0.2, 0.25) is 0 Å². The highest BCUT2D eigenvalue weighted by atomic mass is 79.9. The maximum absolute atomic E-state index is 12.2. The zero-order valence-corrected chi connectivity index (χ0v) is 14.2. The number of fused-ring (bicyclic) bond motifs is 1. The molecule has 0 saturated carbocycles. The zero-order chi connectivity index (χ0) is 16.7. The van der Waals surface area contributed by atoms with E-state index in [1.807, 2.05) is 0 Å². The van der Waals surface area contributed by atoms with Gasteiger partial charge in [-0.25, -0.2) is 10.2 Å². The maximum atomic E-state index is 12.2. The fourth-order valence-corrected chi connectivity index (χ4v) is 2.49. The molecule has 0 atom stereocenters. The van der Waals surface area contributed by atoms with Crippen molar-refractivity contribution < 1.29 is 4.42 Å². The van der Waals surface area contributed by atoms with Crippen molar-refractivity contribution in [2.75, 3.05) is 5.43 Å². The molecule has 0 spiro atoms. The lowest BCUT2D eigenvalue weighted by Crippen LogP contribution is -2.37. The van der Waals surface area contributed by atoms with E-state index in [1.54, 1.807) is 30.8 Å². The Labute approximate surface area is 138 Å². The van der Waals surface area contributed by atoms with Crippen molar-refractivity contribution in [1.82, 2.24) is 18.7 Å². The van der Waals surface area contributed by atoms with E-state index < -0.39 is 11.2 Å². The summed E-state index contributed by atoms with van der Waals surface area (Å²) in [6.07, 6.45) is 1.47. The van der Waals surface area contributed by atoms with Crippen LogP contribution in [0.4, 0.5) is 5.95 Å². The second-order valence-electron chi connectivity index (χ2n) is 4.88. The topological polar surface area (TPSA) is 99.3 Å². The van der Waals surface area contributed by atoms with Gasteiger partial charge in [-0.05, 0) is 28.1 Å². The summed E-state index contributed by atoms with van der Waals surface area (Å²) in [5.41, 5.74) is 2.49. The Morgan fingerprint density at radius 3 is 2.61 bits per heavy atom. The quantitative estimate of drug-likeness (QED) is 0.534. The average Bonchev–Trinajstić information content (AvgIpc) is 3.07. The first kappa shape index (κ1) is 15.3. The lowest BCUT2D eigenvalue weighted by molar-refractivity contribution is 0.534. The number of hydrogen-bond donors (Lipinski definition) is 1. The lowest BCUT2D eigenvalue weighted by Gasteiger charge is -2.03. The summed E-state index contributed by atoms with van der Waals surface area (Å²) in [5.74, 6) is 0.881. The molecule has 3 aromatic heterocycles. The minimum Gasteiger partial charge on any atom is -0.448 e. The number of halogens is 1. The van der Waals surface area contributed by atoms with E-state index >= 15 is 0 Å². The van der Waals surface area contributed by atoms with Crippen LogP contribution in [0.3, 0.4) is 0 Å². The first-order valence-electron chi connectivity index (χ1n) is 6.57. The summed E-state index contributed by atoms with van der Waals surface area (Å²) in [6.45, 7) is 0. The van der Waals surface area contributed by atoms with E-state index in [0.717, 1.165) is 4.57 Å². The monoisotopic (exact) mass is 380 g/mol. The number of nitrogens with zero attached hydrogens (tertiary/aromatic N) is 5. The molecule has 0 unspecified atom stereocenters. The Bertz CT molecular complexity index is 1040. The smallest absolute Gasteiger partial charge is 0.332 e.